The van der Waals surface area contributed by atoms with E-state index < -0.39 is 36.1 Å². The van der Waals surface area contributed by atoms with Crippen molar-refractivity contribution in [2.24, 2.45) is 0 Å². The monoisotopic (exact) mass is 640 g/mol. The number of rotatable bonds is 7. The average molecular weight is 641 g/mol. The summed E-state index contributed by atoms with van der Waals surface area (Å²) in [6, 6.07) is 22.6. The maximum atomic E-state index is 12.2. The molecular weight excluding hydrogens is 614 g/mol. The van der Waals surface area contributed by atoms with Gasteiger partial charge in [0.1, 0.15) is 11.5 Å². The first kappa shape index (κ1) is 35.9. The molecule has 6 N–H and O–H groups in total. The van der Waals surface area contributed by atoms with Crippen LogP contribution in [0.25, 0.3) is 0 Å². The standard InChI is InChI=1S/C15H12F3NO3.C8H5F3O3.C7H9NO/c16-15(17,18)22-13-6-2-4-11(8-13)14(21)19-12-5-1-3-10(7-12)9-20;9-8(10,11)14-6-3-1-2-5(4-6)7(12)13;8-7-3-1-2-6(4-7)5-9/h1-8,20H,9H2,(H,19,21);1-4H,(H,12,13);1-4,9H,5,8H2. The third-order valence-corrected chi connectivity index (χ3v) is 5.15. The molecule has 0 unspecified atom stereocenters. The van der Waals surface area contributed by atoms with Crippen molar-refractivity contribution in [1.82, 2.24) is 0 Å². The molecule has 0 aliphatic carbocycles. The summed E-state index contributed by atoms with van der Waals surface area (Å²) in [5, 5.41) is 28.6. The van der Waals surface area contributed by atoms with Crippen molar-refractivity contribution >= 4 is 23.3 Å². The van der Waals surface area contributed by atoms with Crippen LogP contribution >= 0.6 is 0 Å². The second-order valence-corrected chi connectivity index (χ2v) is 8.67. The van der Waals surface area contributed by atoms with Gasteiger partial charge in [0.15, 0.2) is 0 Å². The minimum absolute atomic E-state index is 0.0242. The number of alkyl halides is 6. The van der Waals surface area contributed by atoms with E-state index in [9.17, 15) is 35.9 Å². The molecule has 4 aromatic carbocycles. The van der Waals surface area contributed by atoms with Gasteiger partial charge in [0.25, 0.3) is 5.91 Å². The van der Waals surface area contributed by atoms with E-state index in [1.807, 2.05) is 12.1 Å². The summed E-state index contributed by atoms with van der Waals surface area (Å²) in [6.07, 6.45) is -9.62. The topological polar surface area (TPSA) is 151 Å². The molecule has 0 aliphatic rings. The zero-order chi connectivity index (χ0) is 33.6. The Kier molecular flexibility index (Phi) is 13.2. The summed E-state index contributed by atoms with van der Waals surface area (Å²) < 4.78 is 78.9. The van der Waals surface area contributed by atoms with E-state index in [0.717, 1.165) is 29.8 Å². The van der Waals surface area contributed by atoms with Gasteiger partial charge in [0.05, 0.1) is 18.8 Å². The van der Waals surface area contributed by atoms with Gasteiger partial charge in [-0.2, -0.15) is 0 Å². The van der Waals surface area contributed by atoms with Crippen LogP contribution in [0.2, 0.25) is 0 Å². The first-order chi connectivity index (χ1) is 21.1. The maximum Gasteiger partial charge on any atom is 0.573 e. The molecule has 9 nitrogen and oxygen atoms in total. The van der Waals surface area contributed by atoms with Gasteiger partial charge in [-0.3, -0.25) is 4.79 Å². The highest BCUT2D eigenvalue weighted by Gasteiger charge is 2.32. The number of halogens is 6. The number of carboxylic acid groups (broad SMARTS) is 1. The molecule has 0 spiro atoms. The fourth-order valence-corrected chi connectivity index (χ4v) is 3.30. The van der Waals surface area contributed by atoms with E-state index in [2.05, 4.69) is 14.8 Å². The number of nitrogens with two attached hydrogens (primary N) is 1. The molecule has 0 aromatic heterocycles. The third-order valence-electron chi connectivity index (χ3n) is 5.15. The molecule has 1 amide bonds. The number of carboxylic acids is 1. The summed E-state index contributed by atoms with van der Waals surface area (Å²) in [4.78, 5) is 22.4. The summed E-state index contributed by atoms with van der Waals surface area (Å²) in [5.41, 5.74) is 7.77. The zero-order valence-corrected chi connectivity index (χ0v) is 23.0. The number of benzene rings is 4. The molecule has 15 heteroatoms. The number of anilines is 2. The number of aromatic carboxylic acids is 1. The molecule has 0 bridgehead atoms. The Balaban J connectivity index is 0.000000261. The molecule has 45 heavy (non-hydrogen) atoms. The van der Waals surface area contributed by atoms with Crippen molar-refractivity contribution in [2.45, 2.75) is 25.9 Å². The molecule has 0 heterocycles. The van der Waals surface area contributed by atoms with Crippen LogP contribution in [0.1, 0.15) is 31.8 Å². The van der Waals surface area contributed by atoms with E-state index in [-0.39, 0.29) is 24.3 Å². The number of nitrogens with one attached hydrogen (secondary N) is 1. The van der Waals surface area contributed by atoms with Crippen LogP contribution in [-0.2, 0) is 13.2 Å². The van der Waals surface area contributed by atoms with E-state index in [0.29, 0.717) is 16.9 Å². The third kappa shape index (κ3) is 14.2. The Labute approximate surface area is 252 Å². The SMILES string of the molecule is Nc1cccc(CO)c1.O=C(Nc1cccc(CO)c1)c1cccc(OC(F)(F)F)c1.O=C(O)c1cccc(OC(F)(F)F)c1. The number of aliphatic hydroxyl groups is 2. The lowest BCUT2D eigenvalue weighted by Gasteiger charge is -2.10. The quantitative estimate of drug-likeness (QED) is 0.115. The molecule has 0 saturated carbocycles. The number of hydrogen-bond donors (Lipinski definition) is 5. The largest absolute Gasteiger partial charge is 0.573 e. The number of ether oxygens (including phenoxy) is 2. The molecule has 4 rings (SSSR count). The molecule has 0 radical (unpaired) electrons. The van der Waals surface area contributed by atoms with Gasteiger partial charge < -0.3 is 35.8 Å². The van der Waals surface area contributed by atoms with Crippen LogP contribution in [0.4, 0.5) is 37.7 Å². The average Bonchev–Trinajstić information content (AvgIpc) is 2.96. The number of carbonyl (C=O) groups is 2. The van der Waals surface area contributed by atoms with E-state index in [1.165, 1.54) is 24.3 Å². The van der Waals surface area contributed by atoms with Crippen LogP contribution in [0.3, 0.4) is 0 Å². The van der Waals surface area contributed by atoms with Crippen molar-refractivity contribution in [2.75, 3.05) is 11.1 Å². The number of carbonyl (C=O) groups excluding carboxylic acids is 1. The van der Waals surface area contributed by atoms with Crippen LogP contribution < -0.4 is 20.5 Å². The van der Waals surface area contributed by atoms with Gasteiger partial charge in [-0.25, -0.2) is 4.79 Å². The van der Waals surface area contributed by atoms with Crippen molar-refractivity contribution < 1.29 is 60.7 Å². The fourth-order valence-electron chi connectivity index (χ4n) is 3.30. The second kappa shape index (κ2) is 16.5. The van der Waals surface area contributed by atoms with Crippen LogP contribution in [0.15, 0.2) is 97.1 Å². The highest BCUT2D eigenvalue weighted by atomic mass is 19.4. The molecule has 0 aliphatic heterocycles. The molecule has 4 aromatic rings. The van der Waals surface area contributed by atoms with Crippen LogP contribution in [0.5, 0.6) is 11.5 Å². The van der Waals surface area contributed by atoms with Gasteiger partial charge >= 0.3 is 18.7 Å². The van der Waals surface area contributed by atoms with Gasteiger partial charge in [0.2, 0.25) is 0 Å². The molecule has 240 valence electrons. The Hall–Kier alpha value is -5.28. The van der Waals surface area contributed by atoms with Crippen molar-refractivity contribution in [3.05, 3.63) is 119 Å². The lowest BCUT2D eigenvalue weighted by atomic mass is 10.1. The normalized spacial score (nSPS) is 10.8. The Morgan fingerprint density at radius 1 is 0.667 bits per heavy atom. The molecular formula is C30H26F6N2O7. The minimum atomic E-state index is -4.81. The number of nitrogen functional groups attached to an aromatic ring is 1. The molecule has 0 fully saturated rings. The van der Waals surface area contributed by atoms with Crippen molar-refractivity contribution in [3.8, 4) is 11.5 Å². The van der Waals surface area contributed by atoms with Crippen molar-refractivity contribution in [3.63, 3.8) is 0 Å². The fraction of sp³-hybridized carbons (Fsp3) is 0.133. The second-order valence-electron chi connectivity index (χ2n) is 8.67. The predicted molar refractivity (Wildman–Crippen MR) is 150 cm³/mol. The van der Waals surface area contributed by atoms with E-state index in [1.54, 1.807) is 36.4 Å². The maximum absolute atomic E-state index is 12.2. The summed E-state index contributed by atoms with van der Waals surface area (Å²) in [7, 11) is 0. The minimum Gasteiger partial charge on any atom is -0.478 e. The number of amides is 1. The Bertz CT molecular complexity index is 1560. The predicted octanol–water partition coefficient (Wildman–Crippen LogP) is 6.37. The van der Waals surface area contributed by atoms with Gasteiger partial charge in [-0.1, -0.05) is 36.4 Å². The van der Waals surface area contributed by atoms with Crippen LogP contribution in [0, 0.1) is 0 Å². The van der Waals surface area contributed by atoms with Crippen molar-refractivity contribution in [1.29, 1.82) is 0 Å². The summed E-state index contributed by atoms with van der Waals surface area (Å²) in [5.74, 6) is -2.90. The lowest BCUT2D eigenvalue weighted by Crippen LogP contribution is -2.18. The van der Waals surface area contributed by atoms with E-state index >= 15 is 0 Å². The first-order valence-corrected chi connectivity index (χ1v) is 12.5. The van der Waals surface area contributed by atoms with Crippen LogP contribution in [-0.4, -0.2) is 39.9 Å². The van der Waals surface area contributed by atoms with E-state index in [4.69, 9.17) is 21.1 Å². The van der Waals surface area contributed by atoms with Gasteiger partial charge in [-0.05, 0) is 71.8 Å². The Morgan fingerprint density at radius 2 is 1.13 bits per heavy atom. The molecule has 0 atom stereocenters. The summed E-state index contributed by atoms with van der Waals surface area (Å²) >= 11 is 0. The zero-order valence-electron chi connectivity index (χ0n) is 23.0. The lowest BCUT2D eigenvalue weighted by molar-refractivity contribution is -0.275. The Morgan fingerprint density at radius 3 is 1.60 bits per heavy atom. The smallest absolute Gasteiger partial charge is 0.478 e. The highest BCUT2D eigenvalue weighted by molar-refractivity contribution is 6.04. The number of hydrogen-bond acceptors (Lipinski definition) is 7. The highest BCUT2D eigenvalue weighted by Crippen LogP contribution is 2.24. The first-order valence-electron chi connectivity index (χ1n) is 12.5. The van der Waals surface area contributed by atoms with Gasteiger partial charge in [-0.15, -0.1) is 26.3 Å². The number of aliphatic hydroxyl groups excluding tert-OH is 2. The van der Waals surface area contributed by atoms with Gasteiger partial charge in [0, 0.05) is 16.9 Å². The molecule has 0 saturated heterocycles. The summed E-state index contributed by atoms with van der Waals surface area (Å²) in [6.45, 7) is -0.121.